The molecule has 0 amide bonds. The maximum Gasteiger partial charge on any atom is 0.246 e. The van der Waals surface area contributed by atoms with Crippen molar-refractivity contribution >= 4 is 27.3 Å². The zero-order valence-electron chi connectivity index (χ0n) is 8.30. The summed E-state index contributed by atoms with van der Waals surface area (Å²) in [5.74, 6) is 0. The molecule has 1 fully saturated rings. The Kier molecular flexibility index (Phi) is 2.83. The second kappa shape index (κ2) is 3.89. The van der Waals surface area contributed by atoms with Crippen LogP contribution in [-0.2, 0) is 10.0 Å². The number of hydrogen-bond donors (Lipinski definition) is 2. The van der Waals surface area contributed by atoms with E-state index in [1.165, 1.54) is 12.1 Å². The molecule has 2 rings (SSSR count). The SMILES string of the molecule is Nc1cccc(Cl)c1S(=O)(=O)N1CC(O)C1. The lowest BCUT2D eigenvalue weighted by Crippen LogP contribution is -2.53. The first kappa shape index (κ1) is 11.7. The van der Waals surface area contributed by atoms with Gasteiger partial charge in [-0.15, -0.1) is 0 Å². The second-order valence-electron chi connectivity index (χ2n) is 3.63. The van der Waals surface area contributed by atoms with Gasteiger partial charge in [-0.3, -0.25) is 0 Å². The summed E-state index contributed by atoms with van der Waals surface area (Å²) in [7, 11) is -3.68. The van der Waals surface area contributed by atoms with Gasteiger partial charge in [0.2, 0.25) is 10.0 Å². The molecule has 88 valence electrons. The minimum atomic E-state index is -3.68. The van der Waals surface area contributed by atoms with E-state index in [1.807, 2.05) is 0 Å². The Morgan fingerprint density at radius 3 is 2.56 bits per heavy atom. The molecule has 0 aromatic heterocycles. The number of rotatable bonds is 2. The van der Waals surface area contributed by atoms with Gasteiger partial charge in [0.05, 0.1) is 16.8 Å². The van der Waals surface area contributed by atoms with Crippen molar-refractivity contribution in [2.24, 2.45) is 0 Å². The summed E-state index contributed by atoms with van der Waals surface area (Å²) < 4.78 is 25.3. The van der Waals surface area contributed by atoms with E-state index in [-0.39, 0.29) is 28.7 Å². The van der Waals surface area contributed by atoms with E-state index in [0.29, 0.717) is 0 Å². The van der Waals surface area contributed by atoms with E-state index >= 15 is 0 Å². The number of sulfonamides is 1. The molecule has 0 atom stereocenters. The van der Waals surface area contributed by atoms with Crippen LogP contribution in [0, 0.1) is 0 Å². The maximum absolute atomic E-state index is 12.1. The van der Waals surface area contributed by atoms with Gasteiger partial charge in [0.1, 0.15) is 4.90 Å². The average Bonchev–Trinajstić information content (AvgIpc) is 2.12. The molecule has 5 nitrogen and oxygen atoms in total. The molecule has 1 heterocycles. The Bertz CT molecular complexity index is 491. The monoisotopic (exact) mass is 262 g/mol. The summed E-state index contributed by atoms with van der Waals surface area (Å²) in [5, 5.41) is 9.20. The van der Waals surface area contributed by atoms with Crippen LogP contribution < -0.4 is 5.73 Å². The van der Waals surface area contributed by atoms with Crippen LogP contribution in [-0.4, -0.2) is 37.0 Å². The van der Waals surface area contributed by atoms with Crippen molar-refractivity contribution in [3.05, 3.63) is 23.2 Å². The first-order valence-corrected chi connectivity index (χ1v) is 6.47. The molecule has 0 radical (unpaired) electrons. The quantitative estimate of drug-likeness (QED) is 0.751. The summed E-state index contributed by atoms with van der Waals surface area (Å²) in [4.78, 5) is -0.0800. The highest BCUT2D eigenvalue weighted by Crippen LogP contribution is 2.31. The summed E-state index contributed by atoms with van der Waals surface area (Å²) >= 11 is 5.83. The van der Waals surface area contributed by atoms with E-state index in [1.54, 1.807) is 6.07 Å². The molecule has 1 aliphatic rings. The van der Waals surface area contributed by atoms with Gasteiger partial charge in [0.25, 0.3) is 0 Å². The van der Waals surface area contributed by atoms with Crippen molar-refractivity contribution in [1.82, 2.24) is 4.31 Å². The van der Waals surface area contributed by atoms with Gasteiger partial charge in [-0.25, -0.2) is 8.42 Å². The van der Waals surface area contributed by atoms with Crippen LogP contribution in [0.1, 0.15) is 0 Å². The van der Waals surface area contributed by atoms with Gasteiger partial charge >= 0.3 is 0 Å². The average molecular weight is 263 g/mol. The van der Waals surface area contributed by atoms with Gasteiger partial charge in [-0.2, -0.15) is 4.31 Å². The topological polar surface area (TPSA) is 83.6 Å². The standard InChI is InChI=1S/C9H11ClN2O3S/c10-7-2-1-3-8(11)9(7)16(14,15)12-4-6(13)5-12/h1-3,6,13H,4-5,11H2. The normalized spacial score (nSPS) is 18.4. The first-order chi connectivity index (χ1) is 7.43. The summed E-state index contributed by atoms with van der Waals surface area (Å²) in [6.45, 7) is 0.181. The van der Waals surface area contributed by atoms with Crippen LogP contribution in [0.15, 0.2) is 23.1 Å². The molecular formula is C9H11ClN2O3S. The Morgan fingerprint density at radius 1 is 1.44 bits per heavy atom. The lowest BCUT2D eigenvalue weighted by molar-refractivity contribution is 0.0548. The number of nitrogens with zero attached hydrogens (tertiary/aromatic N) is 1. The van der Waals surface area contributed by atoms with Gasteiger partial charge in [0, 0.05) is 13.1 Å². The molecule has 16 heavy (non-hydrogen) atoms. The lowest BCUT2D eigenvalue weighted by Gasteiger charge is -2.34. The minimum Gasteiger partial charge on any atom is -0.398 e. The Labute approximate surface area is 98.5 Å². The molecule has 0 aliphatic carbocycles. The molecular weight excluding hydrogens is 252 g/mol. The fourth-order valence-corrected chi connectivity index (χ4v) is 3.69. The number of anilines is 1. The fourth-order valence-electron chi connectivity index (χ4n) is 1.54. The predicted octanol–water partition coefficient (Wildman–Crippen LogP) is 0.287. The second-order valence-corrected chi connectivity index (χ2v) is 5.92. The van der Waals surface area contributed by atoms with Gasteiger partial charge in [-0.1, -0.05) is 17.7 Å². The lowest BCUT2D eigenvalue weighted by atomic mass is 10.2. The third-order valence-electron chi connectivity index (χ3n) is 2.42. The van der Waals surface area contributed by atoms with Crippen molar-refractivity contribution in [3.63, 3.8) is 0 Å². The predicted molar refractivity (Wildman–Crippen MR) is 60.6 cm³/mol. The summed E-state index contributed by atoms with van der Waals surface area (Å²) in [5.41, 5.74) is 5.73. The number of nitrogen functional groups attached to an aromatic ring is 1. The molecule has 1 saturated heterocycles. The highest BCUT2D eigenvalue weighted by Gasteiger charge is 2.37. The summed E-state index contributed by atoms with van der Waals surface area (Å²) in [6, 6.07) is 4.54. The van der Waals surface area contributed by atoms with Crippen LogP contribution in [0.25, 0.3) is 0 Å². The third-order valence-corrected chi connectivity index (χ3v) is 4.80. The third kappa shape index (κ3) is 1.78. The van der Waals surface area contributed by atoms with E-state index in [2.05, 4.69) is 0 Å². The zero-order valence-corrected chi connectivity index (χ0v) is 9.87. The van der Waals surface area contributed by atoms with Gasteiger partial charge in [-0.05, 0) is 12.1 Å². The van der Waals surface area contributed by atoms with Crippen molar-refractivity contribution < 1.29 is 13.5 Å². The highest BCUT2D eigenvalue weighted by atomic mass is 35.5. The molecule has 7 heteroatoms. The Balaban J connectivity index is 2.44. The molecule has 0 saturated carbocycles. The smallest absolute Gasteiger partial charge is 0.246 e. The van der Waals surface area contributed by atoms with Crippen molar-refractivity contribution in [1.29, 1.82) is 0 Å². The van der Waals surface area contributed by atoms with Crippen LogP contribution >= 0.6 is 11.6 Å². The molecule has 0 spiro atoms. The largest absolute Gasteiger partial charge is 0.398 e. The zero-order chi connectivity index (χ0) is 11.9. The van der Waals surface area contributed by atoms with Gasteiger partial charge < -0.3 is 10.8 Å². The van der Waals surface area contributed by atoms with Crippen molar-refractivity contribution in [2.75, 3.05) is 18.8 Å². The highest BCUT2D eigenvalue weighted by molar-refractivity contribution is 7.89. The molecule has 1 aliphatic heterocycles. The molecule has 1 aromatic carbocycles. The fraction of sp³-hybridized carbons (Fsp3) is 0.333. The van der Waals surface area contributed by atoms with Crippen LogP contribution in [0.2, 0.25) is 5.02 Å². The number of aliphatic hydroxyl groups is 1. The number of halogens is 1. The number of aliphatic hydroxyl groups excluding tert-OH is 1. The number of β-amino-alcohol motifs (C(OH)–C–C–N with tert-alkyl or cyclic N) is 1. The van der Waals surface area contributed by atoms with E-state index in [0.717, 1.165) is 4.31 Å². The van der Waals surface area contributed by atoms with E-state index in [9.17, 15) is 8.42 Å². The maximum atomic E-state index is 12.1. The Hall–Kier alpha value is -0.820. The minimum absolute atomic E-state index is 0.0800. The Morgan fingerprint density at radius 2 is 2.06 bits per heavy atom. The molecule has 0 unspecified atom stereocenters. The van der Waals surface area contributed by atoms with E-state index in [4.69, 9.17) is 22.4 Å². The number of benzene rings is 1. The summed E-state index contributed by atoms with van der Waals surface area (Å²) in [6.07, 6.45) is -0.599. The number of nitrogens with two attached hydrogens (primary N) is 1. The number of hydrogen-bond acceptors (Lipinski definition) is 4. The molecule has 1 aromatic rings. The molecule has 3 N–H and O–H groups in total. The van der Waals surface area contributed by atoms with Crippen LogP contribution in [0.3, 0.4) is 0 Å². The van der Waals surface area contributed by atoms with Crippen molar-refractivity contribution in [3.8, 4) is 0 Å². The van der Waals surface area contributed by atoms with Gasteiger partial charge in [0.15, 0.2) is 0 Å². The van der Waals surface area contributed by atoms with Crippen LogP contribution in [0.4, 0.5) is 5.69 Å². The van der Waals surface area contributed by atoms with E-state index < -0.39 is 16.1 Å². The van der Waals surface area contributed by atoms with Crippen LogP contribution in [0.5, 0.6) is 0 Å². The van der Waals surface area contributed by atoms with Crippen molar-refractivity contribution in [2.45, 2.75) is 11.0 Å². The first-order valence-electron chi connectivity index (χ1n) is 4.65. The molecule has 0 bridgehead atoms.